The van der Waals surface area contributed by atoms with E-state index >= 15 is 0 Å². The van der Waals surface area contributed by atoms with E-state index in [0.29, 0.717) is 14.6 Å². The molecular weight excluding hydrogens is 352 g/mol. The molecule has 92 valence electrons. The van der Waals surface area contributed by atoms with E-state index in [4.69, 9.17) is 16.1 Å². The SMILES string of the molecule is Cc1cc(NS(=O)(=O)c2cc(Cl)c(Br)s2)no1. The Balaban J connectivity index is 2.31. The fraction of sp³-hybridized carbons (Fsp3) is 0.125. The van der Waals surface area contributed by atoms with Crippen LogP contribution < -0.4 is 4.72 Å². The molecule has 5 nitrogen and oxygen atoms in total. The molecule has 0 radical (unpaired) electrons. The highest BCUT2D eigenvalue weighted by molar-refractivity contribution is 9.11. The standard InChI is InChI=1S/C8H6BrClN2O3S2/c1-4-2-6(11-15-4)12-17(13,14)7-3-5(10)8(9)16-7/h2-3H,1H3,(H,11,12). The second-order valence-corrected chi connectivity index (χ2v) is 7.80. The molecule has 17 heavy (non-hydrogen) atoms. The maximum absolute atomic E-state index is 11.9. The number of aryl methyl sites for hydroxylation is 1. The molecule has 0 atom stereocenters. The summed E-state index contributed by atoms with van der Waals surface area (Å²) in [5.74, 6) is 0.663. The summed E-state index contributed by atoms with van der Waals surface area (Å²) in [6.45, 7) is 1.67. The molecule has 0 amide bonds. The lowest BCUT2D eigenvalue weighted by Crippen LogP contribution is -2.11. The fourth-order valence-corrected chi connectivity index (χ4v) is 4.44. The van der Waals surface area contributed by atoms with Gasteiger partial charge in [-0.1, -0.05) is 16.8 Å². The van der Waals surface area contributed by atoms with Gasteiger partial charge in [0.15, 0.2) is 5.82 Å². The molecule has 2 rings (SSSR count). The van der Waals surface area contributed by atoms with Crippen LogP contribution in [0.4, 0.5) is 5.82 Å². The van der Waals surface area contributed by atoms with Gasteiger partial charge in [-0.05, 0) is 28.9 Å². The van der Waals surface area contributed by atoms with Crippen molar-refractivity contribution in [2.24, 2.45) is 0 Å². The van der Waals surface area contributed by atoms with Crippen molar-refractivity contribution in [1.29, 1.82) is 0 Å². The number of hydrogen-bond acceptors (Lipinski definition) is 5. The van der Waals surface area contributed by atoms with Crippen LogP contribution in [0.2, 0.25) is 5.02 Å². The van der Waals surface area contributed by atoms with E-state index in [-0.39, 0.29) is 10.0 Å². The number of anilines is 1. The summed E-state index contributed by atoms with van der Waals surface area (Å²) in [5, 5.41) is 3.90. The maximum Gasteiger partial charge on any atom is 0.272 e. The van der Waals surface area contributed by atoms with Crippen molar-refractivity contribution in [2.45, 2.75) is 11.1 Å². The van der Waals surface area contributed by atoms with E-state index in [1.807, 2.05) is 0 Å². The van der Waals surface area contributed by atoms with Crippen LogP contribution >= 0.6 is 38.9 Å². The van der Waals surface area contributed by atoms with Gasteiger partial charge in [-0.15, -0.1) is 11.3 Å². The molecule has 0 aliphatic rings. The number of thiophene rings is 1. The largest absolute Gasteiger partial charge is 0.360 e. The minimum atomic E-state index is -3.67. The fourth-order valence-electron chi connectivity index (χ4n) is 1.06. The second kappa shape index (κ2) is 4.60. The van der Waals surface area contributed by atoms with Crippen molar-refractivity contribution in [3.63, 3.8) is 0 Å². The molecule has 0 aliphatic carbocycles. The first-order valence-corrected chi connectivity index (χ1v) is 7.76. The lowest BCUT2D eigenvalue weighted by Gasteiger charge is -2.00. The molecule has 0 bridgehead atoms. The van der Waals surface area contributed by atoms with Crippen molar-refractivity contribution in [2.75, 3.05) is 4.72 Å². The Kier molecular flexibility index (Phi) is 3.48. The molecule has 0 spiro atoms. The van der Waals surface area contributed by atoms with Gasteiger partial charge < -0.3 is 4.52 Å². The topological polar surface area (TPSA) is 72.2 Å². The van der Waals surface area contributed by atoms with E-state index < -0.39 is 10.0 Å². The Bertz CT molecular complexity index is 630. The van der Waals surface area contributed by atoms with Gasteiger partial charge in [-0.25, -0.2) is 8.42 Å². The lowest BCUT2D eigenvalue weighted by atomic mass is 10.5. The van der Waals surface area contributed by atoms with Crippen molar-refractivity contribution in [3.05, 3.63) is 26.7 Å². The van der Waals surface area contributed by atoms with E-state index in [0.717, 1.165) is 11.3 Å². The molecule has 1 N–H and O–H groups in total. The summed E-state index contributed by atoms with van der Waals surface area (Å²) in [6.07, 6.45) is 0. The molecule has 2 aromatic rings. The molecule has 2 aromatic heterocycles. The van der Waals surface area contributed by atoms with Crippen molar-refractivity contribution in [1.82, 2.24) is 5.16 Å². The molecule has 0 aliphatic heterocycles. The zero-order valence-electron chi connectivity index (χ0n) is 8.40. The summed E-state index contributed by atoms with van der Waals surface area (Å²) in [6, 6.07) is 2.85. The van der Waals surface area contributed by atoms with Gasteiger partial charge in [-0.2, -0.15) is 0 Å². The van der Waals surface area contributed by atoms with Crippen LogP contribution in [0.5, 0.6) is 0 Å². The third kappa shape index (κ3) is 2.82. The average Bonchev–Trinajstić information content (AvgIpc) is 2.75. The zero-order chi connectivity index (χ0) is 12.6. The van der Waals surface area contributed by atoms with Crippen molar-refractivity contribution < 1.29 is 12.9 Å². The molecule has 0 unspecified atom stereocenters. The number of halogens is 2. The van der Waals surface area contributed by atoms with Gasteiger partial charge in [0.05, 0.1) is 8.81 Å². The number of aromatic nitrogens is 1. The third-order valence-corrected chi connectivity index (χ3v) is 6.06. The van der Waals surface area contributed by atoms with Crippen LogP contribution in [0.3, 0.4) is 0 Å². The predicted octanol–water partition coefficient (Wildman–Crippen LogP) is 3.26. The molecule has 0 saturated heterocycles. The number of nitrogens with zero attached hydrogens (tertiary/aromatic N) is 1. The van der Waals surface area contributed by atoms with E-state index in [2.05, 4.69) is 25.8 Å². The Labute approximate surface area is 115 Å². The first kappa shape index (κ1) is 12.9. The van der Waals surface area contributed by atoms with Gasteiger partial charge >= 0.3 is 0 Å². The zero-order valence-corrected chi connectivity index (χ0v) is 12.4. The Morgan fingerprint density at radius 1 is 1.53 bits per heavy atom. The lowest BCUT2D eigenvalue weighted by molar-refractivity contribution is 0.400. The van der Waals surface area contributed by atoms with Gasteiger partial charge in [-0.3, -0.25) is 4.72 Å². The Morgan fingerprint density at radius 3 is 2.71 bits per heavy atom. The third-order valence-electron chi connectivity index (χ3n) is 1.75. The van der Waals surface area contributed by atoms with E-state index in [9.17, 15) is 8.42 Å². The number of hydrogen-bond donors (Lipinski definition) is 1. The first-order chi connectivity index (χ1) is 7.88. The van der Waals surface area contributed by atoms with Crippen LogP contribution in [0.1, 0.15) is 5.76 Å². The van der Waals surface area contributed by atoms with E-state index in [1.165, 1.54) is 12.1 Å². The maximum atomic E-state index is 11.9. The summed E-state index contributed by atoms with van der Waals surface area (Å²) in [5.41, 5.74) is 0. The monoisotopic (exact) mass is 356 g/mol. The van der Waals surface area contributed by atoms with E-state index in [1.54, 1.807) is 6.92 Å². The molecule has 2 heterocycles. The highest BCUT2D eigenvalue weighted by Crippen LogP contribution is 2.35. The van der Waals surface area contributed by atoms with Crippen LogP contribution in [0.15, 0.2) is 24.7 Å². The smallest absolute Gasteiger partial charge is 0.272 e. The minimum absolute atomic E-state index is 0.107. The quantitative estimate of drug-likeness (QED) is 0.915. The number of sulfonamides is 1. The summed E-state index contributed by atoms with van der Waals surface area (Å²) < 4.78 is 31.6. The Morgan fingerprint density at radius 2 is 2.24 bits per heavy atom. The van der Waals surface area contributed by atoms with Gasteiger partial charge in [0.1, 0.15) is 9.97 Å². The number of rotatable bonds is 3. The van der Waals surface area contributed by atoms with Crippen LogP contribution in [-0.4, -0.2) is 13.6 Å². The summed E-state index contributed by atoms with van der Waals surface area (Å²) in [4.78, 5) is 0. The van der Waals surface area contributed by atoms with Crippen LogP contribution in [0, 0.1) is 6.92 Å². The molecule has 9 heteroatoms. The van der Waals surface area contributed by atoms with Crippen LogP contribution in [0.25, 0.3) is 0 Å². The number of nitrogens with one attached hydrogen (secondary N) is 1. The molecule has 0 aromatic carbocycles. The molecular formula is C8H6BrClN2O3S2. The van der Waals surface area contributed by atoms with Gasteiger partial charge in [0.2, 0.25) is 0 Å². The Hall–Kier alpha value is -0.570. The van der Waals surface area contributed by atoms with Crippen molar-refractivity contribution >= 4 is 54.7 Å². The predicted molar refractivity (Wildman–Crippen MR) is 69.1 cm³/mol. The van der Waals surface area contributed by atoms with Crippen molar-refractivity contribution in [3.8, 4) is 0 Å². The van der Waals surface area contributed by atoms with Crippen LogP contribution in [-0.2, 0) is 10.0 Å². The van der Waals surface area contributed by atoms with Gasteiger partial charge in [0.25, 0.3) is 10.0 Å². The molecule has 0 saturated carbocycles. The molecule has 0 fully saturated rings. The first-order valence-electron chi connectivity index (χ1n) is 4.29. The average molecular weight is 358 g/mol. The minimum Gasteiger partial charge on any atom is -0.360 e. The second-order valence-electron chi connectivity index (χ2n) is 3.12. The van der Waals surface area contributed by atoms with Gasteiger partial charge in [0, 0.05) is 6.07 Å². The summed E-state index contributed by atoms with van der Waals surface area (Å²) >= 11 is 9.96. The summed E-state index contributed by atoms with van der Waals surface area (Å²) in [7, 11) is -3.67. The highest BCUT2D eigenvalue weighted by Gasteiger charge is 2.20. The highest BCUT2D eigenvalue weighted by atomic mass is 79.9. The normalized spacial score (nSPS) is 11.7.